The van der Waals surface area contributed by atoms with Gasteiger partial charge in [-0.3, -0.25) is 4.98 Å². The van der Waals surface area contributed by atoms with Gasteiger partial charge in [0.25, 0.3) is 0 Å². The second-order valence-electron chi connectivity index (χ2n) is 7.67. The molecular formula is C20H18N10O4S3. The van der Waals surface area contributed by atoms with Crippen LogP contribution in [0.4, 0.5) is 5.13 Å². The molecule has 2 aromatic carbocycles. The SMILES string of the molecule is Nc1nc2c(-c3ccc(S(=O)(=O)N[C@@H](N)c4ccccn4)c(S(N)(=O)=O)c3-c3nnn[nH]3)cccc2s1. The number of rotatable bonds is 7. The van der Waals surface area contributed by atoms with Crippen LogP contribution in [0.1, 0.15) is 11.9 Å². The molecule has 0 bridgehead atoms. The van der Waals surface area contributed by atoms with E-state index in [1.165, 1.54) is 29.7 Å². The van der Waals surface area contributed by atoms with E-state index in [1.54, 1.807) is 30.3 Å². The molecule has 0 aliphatic heterocycles. The number of H-pyrrole nitrogens is 1. The van der Waals surface area contributed by atoms with Crippen molar-refractivity contribution in [2.45, 2.75) is 16.0 Å². The minimum atomic E-state index is -4.69. The van der Waals surface area contributed by atoms with Crippen molar-refractivity contribution < 1.29 is 16.8 Å². The number of nitrogens with two attached hydrogens (primary N) is 3. The van der Waals surface area contributed by atoms with E-state index in [-0.39, 0.29) is 22.6 Å². The second kappa shape index (κ2) is 9.21. The maximum atomic E-state index is 13.4. The number of tetrazole rings is 1. The number of para-hydroxylation sites is 1. The van der Waals surface area contributed by atoms with E-state index in [0.717, 1.165) is 10.8 Å². The zero-order valence-corrected chi connectivity index (χ0v) is 21.0. The van der Waals surface area contributed by atoms with E-state index in [1.807, 2.05) is 0 Å². The van der Waals surface area contributed by atoms with E-state index in [4.69, 9.17) is 16.6 Å². The molecule has 0 fully saturated rings. The first-order valence-corrected chi connectivity index (χ1v) is 14.2. The van der Waals surface area contributed by atoms with Crippen LogP contribution in [0.3, 0.4) is 0 Å². The Morgan fingerprint density at radius 1 is 1.00 bits per heavy atom. The van der Waals surface area contributed by atoms with Crippen molar-refractivity contribution in [1.29, 1.82) is 0 Å². The van der Waals surface area contributed by atoms with Gasteiger partial charge >= 0.3 is 0 Å². The molecule has 0 saturated carbocycles. The number of hydrogen-bond acceptors (Lipinski definition) is 12. The summed E-state index contributed by atoms with van der Waals surface area (Å²) in [7, 11) is -9.25. The Hall–Kier alpha value is -3.87. The molecule has 5 rings (SSSR count). The van der Waals surface area contributed by atoms with Crippen LogP contribution in [-0.2, 0) is 20.0 Å². The van der Waals surface area contributed by atoms with Crippen LogP contribution < -0.4 is 21.3 Å². The minimum Gasteiger partial charge on any atom is -0.375 e. The van der Waals surface area contributed by atoms with Crippen LogP contribution in [0.15, 0.2) is 64.5 Å². The van der Waals surface area contributed by atoms with Crippen LogP contribution in [0, 0.1) is 0 Å². The van der Waals surface area contributed by atoms with E-state index in [9.17, 15) is 16.8 Å². The van der Waals surface area contributed by atoms with Crippen molar-refractivity contribution in [1.82, 2.24) is 35.3 Å². The number of aromatic amines is 1. The third-order valence-corrected chi connectivity index (χ3v) is 8.75. The first kappa shape index (κ1) is 24.8. The van der Waals surface area contributed by atoms with Gasteiger partial charge in [0.2, 0.25) is 20.0 Å². The Kier molecular flexibility index (Phi) is 6.18. The third-order valence-electron chi connectivity index (χ3n) is 5.29. The molecule has 3 heterocycles. The average molecular weight is 559 g/mol. The summed E-state index contributed by atoms with van der Waals surface area (Å²) in [4.78, 5) is 6.99. The van der Waals surface area contributed by atoms with E-state index >= 15 is 0 Å². The fraction of sp³-hybridized carbons (Fsp3) is 0.0500. The summed E-state index contributed by atoms with van der Waals surface area (Å²) in [6.07, 6.45) is 0.163. The van der Waals surface area contributed by atoms with Gasteiger partial charge in [-0.25, -0.2) is 32.1 Å². The number of hydrogen-bond donors (Lipinski definition) is 5. The summed E-state index contributed by atoms with van der Waals surface area (Å²) in [6.45, 7) is 0. The van der Waals surface area contributed by atoms with E-state index in [2.05, 4.69) is 35.3 Å². The normalized spacial score (nSPS) is 13.1. The lowest BCUT2D eigenvalue weighted by atomic mass is 9.98. The molecule has 3 aromatic heterocycles. The Bertz CT molecular complexity index is 1820. The number of aromatic nitrogens is 6. The van der Waals surface area contributed by atoms with E-state index in [0.29, 0.717) is 16.2 Å². The van der Waals surface area contributed by atoms with Crippen molar-refractivity contribution in [3.8, 4) is 22.5 Å². The van der Waals surface area contributed by atoms with Gasteiger partial charge < -0.3 is 11.5 Å². The van der Waals surface area contributed by atoms with Gasteiger partial charge in [0.15, 0.2) is 11.0 Å². The number of primary sulfonamides is 1. The van der Waals surface area contributed by atoms with Gasteiger partial charge in [0.05, 0.1) is 21.5 Å². The highest BCUT2D eigenvalue weighted by molar-refractivity contribution is 7.92. The number of benzene rings is 2. The Balaban J connectivity index is 1.78. The van der Waals surface area contributed by atoms with Crippen molar-refractivity contribution in [3.63, 3.8) is 0 Å². The Labute approximate surface area is 214 Å². The molecule has 0 saturated heterocycles. The highest BCUT2D eigenvalue weighted by Gasteiger charge is 2.33. The molecule has 8 N–H and O–H groups in total. The topological polar surface area (TPSA) is 239 Å². The average Bonchev–Trinajstić information content (AvgIpc) is 3.52. The number of nitrogens with one attached hydrogen (secondary N) is 2. The third kappa shape index (κ3) is 4.66. The molecule has 0 spiro atoms. The summed E-state index contributed by atoms with van der Waals surface area (Å²) in [5.41, 5.74) is 13.1. The van der Waals surface area contributed by atoms with Crippen molar-refractivity contribution in [2.75, 3.05) is 5.73 Å². The number of nitrogens with zero attached hydrogens (tertiary/aromatic N) is 5. The predicted molar refractivity (Wildman–Crippen MR) is 136 cm³/mol. The maximum Gasteiger partial charge on any atom is 0.243 e. The first-order chi connectivity index (χ1) is 17.6. The number of sulfonamides is 2. The molecule has 14 nitrogen and oxygen atoms in total. The molecule has 0 unspecified atom stereocenters. The largest absolute Gasteiger partial charge is 0.375 e. The molecule has 190 valence electrons. The van der Waals surface area contributed by atoms with Gasteiger partial charge in [0, 0.05) is 11.8 Å². The lowest BCUT2D eigenvalue weighted by Gasteiger charge is -2.19. The van der Waals surface area contributed by atoms with Gasteiger partial charge in [-0.2, -0.15) is 4.72 Å². The zero-order valence-electron chi connectivity index (χ0n) is 18.6. The van der Waals surface area contributed by atoms with Crippen LogP contribution >= 0.6 is 11.3 Å². The molecule has 0 radical (unpaired) electrons. The monoisotopic (exact) mass is 558 g/mol. The zero-order chi connectivity index (χ0) is 26.4. The predicted octanol–water partition coefficient (Wildman–Crippen LogP) is 0.704. The van der Waals surface area contributed by atoms with Crippen molar-refractivity contribution in [2.24, 2.45) is 10.9 Å². The van der Waals surface area contributed by atoms with Gasteiger partial charge in [-0.15, -0.1) is 5.10 Å². The summed E-state index contributed by atoms with van der Waals surface area (Å²) in [5.74, 6) is -0.134. The van der Waals surface area contributed by atoms with Crippen LogP contribution in [0.5, 0.6) is 0 Å². The molecule has 0 aliphatic carbocycles. The van der Waals surface area contributed by atoms with Crippen LogP contribution in [0.25, 0.3) is 32.7 Å². The second-order valence-corrected chi connectivity index (χ2v) is 11.9. The van der Waals surface area contributed by atoms with Gasteiger partial charge in [-0.1, -0.05) is 35.6 Å². The number of fused-ring (bicyclic) bond motifs is 1. The molecule has 0 aliphatic rings. The summed E-state index contributed by atoms with van der Waals surface area (Å²) >= 11 is 1.24. The first-order valence-electron chi connectivity index (χ1n) is 10.3. The molecule has 0 amide bonds. The van der Waals surface area contributed by atoms with Gasteiger partial charge in [0.1, 0.15) is 16.0 Å². The molecule has 5 aromatic rings. The quantitative estimate of drug-likeness (QED) is 0.174. The number of pyridine rings is 1. The molecule has 1 atom stereocenters. The number of thiazole rings is 1. The fourth-order valence-electron chi connectivity index (χ4n) is 3.82. The van der Waals surface area contributed by atoms with Crippen molar-refractivity contribution in [3.05, 3.63) is 60.4 Å². The Morgan fingerprint density at radius 2 is 1.81 bits per heavy atom. The smallest absolute Gasteiger partial charge is 0.243 e. The number of anilines is 1. The highest BCUT2D eigenvalue weighted by Crippen LogP contribution is 2.42. The maximum absolute atomic E-state index is 13.4. The fourth-order valence-corrected chi connectivity index (χ4v) is 7.27. The standard InChI is InChI=1S/C20H18N10O4S3/c21-18(12-5-1-2-9-24-12)28-37(33,34)14-8-7-10(11-4-3-6-13-16(11)25-20(22)35-13)15(17(14)36(23,31)32)19-26-29-30-27-19/h1-9,18,28H,21H2,(H2,22,25)(H2,23,31,32)(H,26,27,29,30)/t18-/m1/s1. The van der Waals surface area contributed by atoms with Crippen LogP contribution in [0.2, 0.25) is 0 Å². The summed E-state index contributed by atoms with van der Waals surface area (Å²) in [5, 5.41) is 19.2. The Morgan fingerprint density at radius 3 is 2.49 bits per heavy atom. The van der Waals surface area contributed by atoms with Gasteiger partial charge in [-0.05, 0) is 40.3 Å². The summed E-state index contributed by atoms with van der Waals surface area (Å²) in [6, 6.07) is 12.5. The number of nitrogen functional groups attached to an aromatic ring is 1. The molecular weight excluding hydrogens is 540 g/mol. The lowest BCUT2D eigenvalue weighted by molar-refractivity contribution is 0.553. The molecule has 37 heavy (non-hydrogen) atoms. The van der Waals surface area contributed by atoms with Crippen molar-refractivity contribution >= 4 is 46.7 Å². The molecule has 17 heteroatoms. The lowest BCUT2D eigenvalue weighted by Crippen LogP contribution is -2.35. The van der Waals surface area contributed by atoms with Crippen LogP contribution in [-0.4, -0.2) is 47.4 Å². The minimum absolute atomic E-state index is 0.134. The van der Waals surface area contributed by atoms with E-state index < -0.39 is 36.0 Å². The summed E-state index contributed by atoms with van der Waals surface area (Å²) < 4.78 is 55.8. The highest BCUT2D eigenvalue weighted by atomic mass is 32.2.